The van der Waals surface area contributed by atoms with Gasteiger partial charge in [0.25, 0.3) is 0 Å². The molecule has 1 saturated heterocycles. The van der Waals surface area contributed by atoms with Crippen LogP contribution >= 0.6 is 11.8 Å². The second kappa shape index (κ2) is 3.39. The monoisotopic (exact) mass is 172 g/mol. The number of rotatable bonds is 1. The van der Waals surface area contributed by atoms with Crippen molar-refractivity contribution in [3.05, 3.63) is 0 Å². The lowest BCUT2D eigenvalue weighted by Crippen LogP contribution is -2.26. The number of hydrogen-bond donors (Lipinski definition) is 0. The largest absolute Gasteiger partial charge is 0.299 e. The molecule has 0 amide bonds. The smallest absolute Gasteiger partial charge is 0.199 e. The second-order valence-electron chi connectivity index (χ2n) is 2.99. The first-order valence-electron chi connectivity index (χ1n) is 3.82. The van der Waals surface area contributed by atoms with Crippen molar-refractivity contribution in [2.75, 3.05) is 0 Å². The average Bonchev–Trinajstić information content (AvgIpc) is 1.85. The maximum atomic E-state index is 11.2. The lowest BCUT2D eigenvalue weighted by molar-refractivity contribution is -0.127. The maximum absolute atomic E-state index is 11.2. The van der Waals surface area contributed by atoms with Gasteiger partial charge in [0.2, 0.25) is 0 Å². The van der Waals surface area contributed by atoms with E-state index in [1.54, 1.807) is 0 Å². The Kier molecular flexibility index (Phi) is 2.71. The topological polar surface area (TPSA) is 34.1 Å². The lowest BCUT2D eigenvalue weighted by atomic mass is 9.99. The minimum absolute atomic E-state index is 0.0226. The van der Waals surface area contributed by atoms with E-state index in [2.05, 4.69) is 0 Å². The molecule has 0 spiro atoms. The Morgan fingerprint density at radius 1 is 1.55 bits per heavy atom. The zero-order chi connectivity index (χ0) is 8.43. The van der Waals surface area contributed by atoms with E-state index in [4.69, 9.17) is 0 Å². The van der Waals surface area contributed by atoms with Crippen LogP contribution in [0.15, 0.2) is 0 Å². The highest BCUT2D eigenvalue weighted by molar-refractivity contribution is 8.14. The van der Waals surface area contributed by atoms with Crippen molar-refractivity contribution in [3.63, 3.8) is 0 Å². The molecule has 3 heteroatoms. The molecule has 1 aliphatic rings. The van der Waals surface area contributed by atoms with E-state index in [0.717, 1.165) is 12.8 Å². The van der Waals surface area contributed by atoms with Crippen LogP contribution in [0.2, 0.25) is 0 Å². The Balaban J connectivity index is 2.58. The summed E-state index contributed by atoms with van der Waals surface area (Å²) in [5.74, 6) is -0.286. The molecule has 1 heterocycles. The second-order valence-corrected chi connectivity index (χ2v) is 4.43. The van der Waals surface area contributed by atoms with E-state index in [1.165, 1.54) is 18.7 Å². The standard InChI is InChI=1S/C8H12O2S/c1-5-3-4-7(6(2)9)8(10)11-5/h5,7H,3-4H2,1-2H3. The van der Waals surface area contributed by atoms with Crippen LogP contribution in [0, 0.1) is 5.92 Å². The van der Waals surface area contributed by atoms with Crippen molar-refractivity contribution in [3.8, 4) is 0 Å². The summed E-state index contributed by atoms with van der Waals surface area (Å²) >= 11 is 1.32. The number of Topliss-reactive ketones (excluding diaryl/α,β-unsaturated/α-hetero) is 1. The minimum atomic E-state index is -0.309. The van der Waals surface area contributed by atoms with Gasteiger partial charge < -0.3 is 0 Å². The first-order valence-corrected chi connectivity index (χ1v) is 4.70. The molecule has 0 bridgehead atoms. The van der Waals surface area contributed by atoms with E-state index in [9.17, 15) is 9.59 Å². The van der Waals surface area contributed by atoms with E-state index in [1.807, 2.05) is 6.92 Å². The number of hydrogen-bond acceptors (Lipinski definition) is 3. The van der Waals surface area contributed by atoms with Gasteiger partial charge in [-0.1, -0.05) is 18.7 Å². The zero-order valence-corrected chi connectivity index (χ0v) is 7.61. The SMILES string of the molecule is CC(=O)C1CCC(C)SC1=O. The summed E-state index contributed by atoms with van der Waals surface area (Å²) in [4.78, 5) is 22.1. The van der Waals surface area contributed by atoms with Gasteiger partial charge in [0.05, 0.1) is 5.92 Å². The van der Waals surface area contributed by atoms with Crippen molar-refractivity contribution in [2.24, 2.45) is 5.92 Å². The Morgan fingerprint density at radius 3 is 2.64 bits per heavy atom. The van der Waals surface area contributed by atoms with Gasteiger partial charge in [-0.3, -0.25) is 9.59 Å². The predicted octanol–water partition coefficient (Wildman–Crippen LogP) is 1.63. The molecule has 0 radical (unpaired) electrons. The zero-order valence-electron chi connectivity index (χ0n) is 6.79. The van der Waals surface area contributed by atoms with Crippen LogP contribution in [0.5, 0.6) is 0 Å². The van der Waals surface area contributed by atoms with Gasteiger partial charge in [-0.15, -0.1) is 0 Å². The van der Waals surface area contributed by atoms with Gasteiger partial charge >= 0.3 is 0 Å². The molecular weight excluding hydrogens is 160 g/mol. The fraction of sp³-hybridized carbons (Fsp3) is 0.750. The summed E-state index contributed by atoms with van der Waals surface area (Å²) in [6.45, 7) is 3.53. The summed E-state index contributed by atoms with van der Waals surface area (Å²) in [6.07, 6.45) is 1.74. The van der Waals surface area contributed by atoms with Crippen molar-refractivity contribution >= 4 is 22.7 Å². The average molecular weight is 172 g/mol. The van der Waals surface area contributed by atoms with Crippen molar-refractivity contribution in [1.29, 1.82) is 0 Å². The Morgan fingerprint density at radius 2 is 2.18 bits per heavy atom. The molecule has 0 aromatic carbocycles. The number of carbonyl (C=O) groups excluding carboxylic acids is 2. The van der Waals surface area contributed by atoms with Crippen LogP contribution in [-0.2, 0) is 9.59 Å². The van der Waals surface area contributed by atoms with Gasteiger partial charge in [-0.05, 0) is 19.8 Å². The van der Waals surface area contributed by atoms with Crippen molar-refractivity contribution in [2.45, 2.75) is 31.9 Å². The quantitative estimate of drug-likeness (QED) is 0.564. The van der Waals surface area contributed by atoms with Crippen molar-refractivity contribution < 1.29 is 9.59 Å². The van der Waals surface area contributed by atoms with Crippen molar-refractivity contribution in [1.82, 2.24) is 0 Å². The normalized spacial score (nSPS) is 32.0. The van der Waals surface area contributed by atoms with Gasteiger partial charge in [-0.2, -0.15) is 0 Å². The number of ketones is 1. The molecule has 1 aliphatic heterocycles. The van der Waals surface area contributed by atoms with Gasteiger partial charge in [0.1, 0.15) is 5.78 Å². The molecular formula is C8H12O2S. The number of thioether (sulfide) groups is 1. The van der Waals surface area contributed by atoms with Crippen LogP contribution in [0.3, 0.4) is 0 Å². The van der Waals surface area contributed by atoms with Crippen LogP contribution in [0.4, 0.5) is 0 Å². The molecule has 2 nitrogen and oxygen atoms in total. The molecule has 1 fully saturated rings. The van der Waals surface area contributed by atoms with E-state index in [0.29, 0.717) is 5.25 Å². The number of carbonyl (C=O) groups is 2. The summed E-state index contributed by atoms with van der Waals surface area (Å²) < 4.78 is 0. The Labute approximate surface area is 70.7 Å². The minimum Gasteiger partial charge on any atom is -0.299 e. The maximum Gasteiger partial charge on any atom is 0.199 e. The summed E-state index contributed by atoms with van der Waals surface area (Å²) in [6, 6.07) is 0. The molecule has 1 rings (SSSR count). The van der Waals surface area contributed by atoms with E-state index < -0.39 is 0 Å². The fourth-order valence-corrected chi connectivity index (χ4v) is 2.33. The Bertz CT molecular complexity index is 189. The van der Waals surface area contributed by atoms with Gasteiger partial charge in [-0.25, -0.2) is 0 Å². The van der Waals surface area contributed by atoms with Crippen LogP contribution in [0.25, 0.3) is 0 Å². The van der Waals surface area contributed by atoms with Crippen LogP contribution < -0.4 is 0 Å². The molecule has 0 aromatic rings. The Hall–Kier alpha value is -0.310. The van der Waals surface area contributed by atoms with Gasteiger partial charge in [0.15, 0.2) is 5.12 Å². The molecule has 0 aliphatic carbocycles. The van der Waals surface area contributed by atoms with Gasteiger partial charge in [0, 0.05) is 5.25 Å². The molecule has 2 unspecified atom stereocenters. The third-order valence-electron chi connectivity index (χ3n) is 1.95. The van der Waals surface area contributed by atoms with E-state index >= 15 is 0 Å². The third kappa shape index (κ3) is 2.06. The third-order valence-corrected chi connectivity index (χ3v) is 3.11. The predicted molar refractivity (Wildman–Crippen MR) is 45.5 cm³/mol. The first kappa shape index (κ1) is 8.78. The molecule has 0 aromatic heterocycles. The molecule has 2 atom stereocenters. The highest BCUT2D eigenvalue weighted by atomic mass is 32.2. The molecule has 11 heavy (non-hydrogen) atoms. The van der Waals surface area contributed by atoms with E-state index in [-0.39, 0.29) is 16.8 Å². The highest BCUT2D eigenvalue weighted by Crippen LogP contribution is 2.30. The molecule has 0 saturated carbocycles. The molecule has 62 valence electrons. The first-order chi connectivity index (χ1) is 5.11. The highest BCUT2D eigenvalue weighted by Gasteiger charge is 2.29. The summed E-state index contributed by atoms with van der Waals surface area (Å²) in [5, 5.41) is 0.467. The lowest BCUT2D eigenvalue weighted by Gasteiger charge is -2.21. The summed E-state index contributed by atoms with van der Waals surface area (Å²) in [5.41, 5.74) is 0. The fourth-order valence-electron chi connectivity index (χ4n) is 1.23. The van der Waals surface area contributed by atoms with Crippen LogP contribution in [-0.4, -0.2) is 16.1 Å². The van der Waals surface area contributed by atoms with Crippen LogP contribution in [0.1, 0.15) is 26.7 Å². The summed E-state index contributed by atoms with van der Waals surface area (Å²) in [7, 11) is 0. The molecule has 0 N–H and O–H groups in total.